The van der Waals surface area contributed by atoms with E-state index in [1.807, 2.05) is 20.9 Å². The summed E-state index contributed by atoms with van der Waals surface area (Å²) in [6.45, 7) is 9.56. The molecule has 158 valence electrons. The van der Waals surface area contributed by atoms with E-state index < -0.39 is 11.9 Å². The van der Waals surface area contributed by atoms with Crippen molar-refractivity contribution in [2.45, 2.75) is 40.7 Å². The van der Waals surface area contributed by atoms with Crippen molar-refractivity contribution in [2.75, 3.05) is 18.5 Å². The van der Waals surface area contributed by atoms with Gasteiger partial charge in [-0.2, -0.15) is 5.10 Å². The van der Waals surface area contributed by atoms with E-state index in [-0.39, 0.29) is 24.8 Å². The number of carbonyl (C=O) groups is 2. The molecule has 1 atom stereocenters. The third-order valence-electron chi connectivity index (χ3n) is 4.40. The average Bonchev–Trinajstić information content (AvgIpc) is 3.15. The summed E-state index contributed by atoms with van der Waals surface area (Å²) >= 11 is 6.55. The third-order valence-corrected chi connectivity index (χ3v) is 5.81. The number of thiocarbonyl (C=S) groups is 1. The van der Waals surface area contributed by atoms with Crippen LogP contribution in [0.4, 0.5) is 5.00 Å². The van der Waals surface area contributed by atoms with E-state index in [1.54, 1.807) is 31.6 Å². The van der Waals surface area contributed by atoms with Crippen LogP contribution in [0.15, 0.2) is 6.20 Å². The molecular weight excluding hydrogens is 412 g/mol. The molecule has 0 saturated carbocycles. The van der Waals surface area contributed by atoms with Crippen molar-refractivity contribution < 1.29 is 19.1 Å². The Morgan fingerprint density at radius 1 is 1.24 bits per heavy atom. The van der Waals surface area contributed by atoms with Gasteiger partial charge in [0.15, 0.2) is 5.11 Å². The Labute approximate surface area is 179 Å². The topological polar surface area (TPSA) is 94.5 Å². The van der Waals surface area contributed by atoms with Crippen LogP contribution in [0.5, 0.6) is 0 Å². The molecule has 1 unspecified atom stereocenters. The Balaban J connectivity index is 2.26. The zero-order valence-corrected chi connectivity index (χ0v) is 19.0. The Bertz CT molecular complexity index is 920. The van der Waals surface area contributed by atoms with E-state index in [1.165, 1.54) is 0 Å². The average molecular weight is 439 g/mol. The number of ether oxygens (including phenoxy) is 2. The fourth-order valence-electron chi connectivity index (χ4n) is 2.80. The summed E-state index contributed by atoms with van der Waals surface area (Å²) in [6.07, 6.45) is 1.79. The van der Waals surface area contributed by atoms with E-state index in [4.69, 9.17) is 21.7 Å². The summed E-state index contributed by atoms with van der Waals surface area (Å²) < 4.78 is 12.0. The Kier molecular flexibility index (Phi) is 7.74. The molecule has 2 rings (SSSR count). The molecule has 8 nitrogen and oxygen atoms in total. The zero-order valence-electron chi connectivity index (χ0n) is 17.4. The maximum absolute atomic E-state index is 12.5. The summed E-state index contributed by atoms with van der Waals surface area (Å²) in [5.74, 6) is -0.995. The van der Waals surface area contributed by atoms with E-state index in [0.29, 0.717) is 20.6 Å². The van der Waals surface area contributed by atoms with Crippen LogP contribution in [-0.2, 0) is 16.5 Å². The quantitative estimate of drug-likeness (QED) is 0.501. The number of aromatic nitrogens is 2. The number of hydrogen-bond donors (Lipinski definition) is 2. The molecule has 0 aliphatic heterocycles. The molecule has 0 amide bonds. The van der Waals surface area contributed by atoms with Crippen LogP contribution in [0, 0.1) is 13.8 Å². The summed E-state index contributed by atoms with van der Waals surface area (Å²) in [5.41, 5.74) is 2.83. The van der Waals surface area contributed by atoms with Crippen LogP contribution < -0.4 is 10.6 Å². The smallest absolute Gasteiger partial charge is 0.348 e. The summed E-state index contributed by atoms with van der Waals surface area (Å²) in [6, 6.07) is -0.0969. The highest BCUT2D eigenvalue weighted by atomic mass is 32.1. The number of esters is 2. The molecule has 0 aliphatic rings. The lowest BCUT2D eigenvalue weighted by Crippen LogP contribution is -2.31. The monoisotopic (exact) mass is 438 g/mol. The second-order valence-electron chi connectivity index (χ2n) is 6.33. The van der Waals surface area contributed by atoms with Crippen LogP contribution >= 0.6 is 23.6 Å². The first-order valence-corrected chi connectivity index (χ1v) is 10.5. The van der Waals surface area contributed by atoms with Gasteiger partial charge < -0.3 is 20.1 Å². The SMILES string of the molecule is CCOC(=O)c1sc(NC(=S)NC(C)c2cnn(C)c2C)c(C(=O)OCC)c1C. The van der Waals surface area contributed by atoms with Crippen LogP contribution in [-0.4, -0.2) is 40.0 Å². The van der Waals surface area contributed by atoms with Gasteiger partial charge in [-0.25, -0.2) is 9.59 Å². The summed E-state index contributed by atoms with van der Waals surface area (Å²) in [5, 5.41) is 11.2. The van der Waals surface area contributed by atoms with Gasteiger partial charge in [0.1, 0.15) is 9.88 Å². The van der Waals surface area contributed by atoms with Gasteiger partial charge in [0, 0.05) is 18.3 Å². The number of nitrogens with zero attached hydrogens (tertiary/aromatic N) is 2. The number of hydrogen-bond acceptors (Lipinski definition) is 7. The maximum atomic E-state index is 12.5. The fourth-order valence-corrected chi connectivity index (χ4v) is 4.23. The molecular formula is C19H26N4O4S2. The van der Waals surface area contributed by atoms with Crippen LogP contribution in [0.2, 0.25) is 0 Å². The van der Waals surface area contributed by atoms with E-state index in [0.717, 1.165) is 22.6 Å². The largest absolute Gasteiger partial charge is 0.462 e. The minimum atomic E-state index is -0.516. The highest BCUT2D eigenvalue weighted by Gasteiger charge is 2.27. The molecule has 2 aromatic heterocycles. The molecule has 0 spiro atoms. The van der Waals surface area contributed by atoms with Crippen molar-refractivity contribution in [3.05, 3.63) is 33.5 Å². The van der Waals surface area contributed by atoms with Gasteiger partial charge in [-0.1, -0.05) is 0 Å². The first kappa shape index (κ1) is 22.8. The molecule has 29 heavy (non-hydrogen) atoms. The Morgan fingerprint density at radius 3 is 2.41 bits per heavy atom. The van der Waals surface area contributed by atoms with Gasteiger partial charge in [-0.3, -0.25) is 4.68 Å². The molecule has 0 fully saturated rings. The minimum absolute atomic E-state index is 0.0969. The van der Waals surface area contributed by atoms with Gasteiger partial charge in [0.25, 0.3) is 0 Å². The van der Waals surface area contributed by atoms with Crippen LogP contribution in [0.3, 0.4) is 0 Å². The highest BCUT2D eigenvalue weighted by Crippen LogP contribution is 2.34. The number of aryl methyl sites for hydroxylation is 1. The lowest BCUT2D eigenvalue weighted by Gasteiger charge is -2.17. The van der Waals surface area contributed by atoms with Crippen LogP contribution in [0.1, 0.15) is 63.7 Å². The first-order chi connectivity index (χ1) is 13.7. The predicted octanol–water partition coefficient (Wildman–Crippen LogP) is 3.50. The first-order valence-electron chi connectivity index (χ1n) is 9.24. The van der Waals surface area contributed by atoms with E-state index in [9.17, 15) is 9.59 Å². The second-order valence-corrected chi connectivity index (χ2v) is 7.76. The molecule has 2 aromatic rings. The van der Waals surface area contributed by atoms with E-state index >= 15 is 0 Å². The standard InChI is InChI=1S/C19H26N4O4S2/c1-7-26-17(24)14-10(3)15(18(25)27-8-2)29-16(14)22-19(28)21-11(4)13-9-20-23(6)12(13)5/h9,11H,7-8H2,1-6H3,(H2,21,22,28). The lowest BCUT2D eigenvalue weighted by molar-refractivity contribution is 0.0527. The van der Waals surface area contributed by atoms with Crippen LogP contribution in [0.25, 0.3) is 0 Å². The zero-order chi connectivity index (χ0) is 21.7. The third kappa shape index (κ3) is 5.13. The number of rotatable bonds is 7. The van der Waals surface area contributed by atoms with Crippen molar-refractivity contribution in [1.82, 2.24) is 15.1 Å². The van der Waals surface area contributed by atoms with Gasteiger partial charge in [-0.15, -0.1) is 11.3 Å². The minimum Gasteiger partial charge on any atom is -0.462 e. The van der Waals surface area contributed by atoms with Gasteiger partial charge in [0.2, 0.25) is 0 Å². The Hall–Kier alpha value is -2.46. The summed E-state index contributed by atoms with van der Waals surface area (Å²) in [7, 11) is 1.87. The number of thiophene rings is 1. The van der Waals surface area contributed by atoms with Crippen molar-refractivity contribution in [1.29, 1.82) is 0 Å². The van der Waals surface area contributed by atoms with E-state index in [2.05, 4.69) is 15.7 Å². The molecule has 0 saturated heterocycles. The Morgan fingerprint density at radius 2 is 1.86 bits per heavy atom. The van der Waals surface area contributed by atoms with Gasteiger partial charge in [-0.05, 0) is 52.4 Å². The highest BCUT2D eigenvalue weighted by molar-refractivity contribution is 7.80. The second kappa shape index (κ2) is 9.84. The number of carbonyl (C=O) groups excluding carboxylic acids is 2. The van der Waals surface area contributed by atoms with Gasteiger partial charge in [0.05, 0.1) is 31.0 Å². The molecule has 10 heteroatoms. The van der Waals surface area contributed by atoms with Crippen molar-refractivity contribution in [3.8, 4) is 0 Å². The molecule has 0 aromatic carbocycles. The number of anilines is 1. The van der Waals surface area contributed by atoms with Crippen molar-refractivity contribution >= 4 is 45.6 Å². The maximum Gasteiger partial charge on any atom is 0.348 e. The summed E-state index contributed by atoms with van der Waals surface area (Å²) in [4.78, 5) is 25.1. The fraction of sp³-hybridized carbons (Fsp3) is 0.474. The molecule has 2 N–H and O–H groups in total. The normalized spacial score (nSPS) is 11.7. The lowest BCUT2D eigenvalue weighted by atomic mass is 10.1. The van der Waals surface area contributed by atoms with Crippen molar-refractivity contribution in [2.24, 2.45) is 7.05 Å². The number of nitrogens with one attached hydrogen (secondary N) is 2. The molecule has 0 bridgehead atoms. The van der Waals surface area contributed by atoms with Crippen molar-refractivity contribution in [3.63, 3.8) is 0 Å². The predicted molar refractivity (Wildman–Crippen MR) is 117 cm³/mol. The molecule has 0 aliphatic carbocycles. The molecule has 2 heterocycles. The molecule has 0 radical (unpaired) electrons. The van der Waals surface area contributed by atoms with Gasteiger partial charge >= 0.3 is 11.9 Å².